The average molecular weight is 367 g/mol. The first-order chi connectivity index (χ1) is 13.0. The lowest BCUT2D eigenvalue weighted by molar-refractivity contribution is -0.534. The number of hydrogen-bond acceptors (Lipinski definition) is 4. The summed E-state index contributed by atoms with van der Waals surface area (Å²) in [7, 11) is 0. The van der Waals surface area contributed by atoms with Crippen molar-refractivity contribution in [2.24, 2.45) is 0 Å². The molecule has 7 heteroatoms. The molecule has 3 heterocycles. The number of nitrogens with one attached hydrogen (secondary N) is 1. The van der Waals surface area contributed by atoms with Crippen molar-refractivity contribution in [1.82, 2.24) is 4.90 Å². The number of benzene rings is 2. The van der Waals surface area contributed by atoms with Crippen LogP contribution in [0.25, 0.3) is 0 Å². The minimum atomic E-state index is -1.32. The van der Waals surface area contributed by atoms with Gasteiger partial charge in [-0.3, -0.25) is 19.8 Å². The van der Waals surface area contributed by atoms with Crippen molar-refractivity contribution in [3.8, 4) is 0 Å². The number of carbonyl (C=O) groups excluding carboxylic acids is 1. The first kappa shape index (κ1) is 16.4. The van der Waals surface area contributed by atoms with E-state index in [4.69, 9.17) is 0 Å². The molecule has 2 aromatic rings. The number of fused-ring (bicyclic) bond motifs is 4. The van der Waals surface area contributed by atoms with Crippen LogP contribution in [0.5, 0.6) is 0 Å². The highest BCUT2D eigenvalue weighted by atomic mass is 19.1. The van der Waals surface area contributed by atoms with E-state index in [0.717, 1.165) is 12.8 Å². The summed E-state index contributed by atoms with van der Waals surface area (Å²) in [6.07, 6.45) is 1.66. The van der Waals surface area contributed by atoms with Crippen LogP contribution in [0.3, 0.4) is 0 Å². The second-order valence-corrected chi connectivity index (χ2v) is 7.48. The van der Waals surface area contributed by atoms with Gasteiger partial charge in [-0.2, -0.15) is 0 Å². The number of anilines is 1. The Labute approximate surface area is 155 Å². The fourth-order valence-corrected chi connectivity index (χ4v) is 5.46. The number of nitrogens with zero attached hydrogens (tertiary/aromatic N) is 2. The Hall–Kier alpha value is -2.80. The summed E-state index contributed by atoms with van der Waals surface area (Å²) in [5.74, 6) is -1.18. The zero-order valence-electron chi connectivity index (χ0n) is 14.5. The molecular formula is C20H18FN3O3. The topological polar surface area (TPSA) is 75.5 Å². The van der Waals surface area contributed by atoms with E-state index in [0.29, 0.717) is 23.4 Å². The van der Waals surface area contributed by atoms with Crippen molar-refractivity contribution in [2.75, 3.05) is 11.9 Å². The molecule has 0 aromatic heterocycles. The standard InChI is InChI=1S/C20H18FN3O3/c21-13-9-7-12(8-10-13)17-16-6-3-11-23(16)20(18(17)24(26)27)14-4-1-2-5-15(14)22-19(20)25/h1-2,4-5,7-10,16-18H,3,6,11H2,(H,22,25)/t16-,17+,18-,20+/m1/s1. The first-order valence-electron chi connectivity index (χ1n) is 9.12. The van der Waals surface area contributed by atoms with Gasteiger partial charge in [0.05, 0.1) is 5.92 Å². The second kappa shape index (κ2) is 5.60. The van der Waals surface area contributed by atoms with Gasteiger partial charge in [-0.25, -0.2) is 4.39 Å². The van der Waals surface area contributed by atoms with E-state index >= 15 is 0 Å². The van der Waals surface area contributed by atoms with Crippen molar-refractivity contribution in [3.63, 3.8) is 0 Å². The number of amides is 1. The molecule has 1 spiro atoms. The van der Waals surface area contributed by atoms with Crippen LogP contribution in [-0.2, 0) is 10.3 Å². The Morgan fingerprint density at radius 3 is 2.67 bits per heavy atom. The molecule has 3 aliphatic rings. The van der Waals surface area contributed by atoms with Crippen LogP contribution in [0.1, 0.15) is 29.9 Å². The Balaban J connectivity index is 1.76. The Kier molecular flexibility index (Phi) is 3.40. The van der Waals surface area contributed by atoms with E-state index in [2.05, 4.69) is 5.32 Å². The van der Waals surface area contributed by atoms with E-state index in [1.807, 2.05) is 23.1 Å². The molecule has 0 radical (unpaired) electrons. The van der Waals surface area contributed by atoms with Crippen molar-refractivity contribution >= 4 is 11.6 Å². The van der Waals surface area contributed by atoms with Crippen LogP contribution in [0.15, 0.2) is 48.5 Å². The van der Waals surface area contributed by atoms with Gasteiger partial charge in [-0.15, -0.1) is 0 Å². The SMILES string of the molecule is O=C1Nc2ccccc2[C@]12[C@H]([N+](=O)[O-])[C@@H](c1ccc(F)cc1)[C@H]1CCCN12. The Morgan fingerprint density at radius 1 is 1.19 bits per heavy atom. The molecule has 2 saturated heterocycles. The van der Waals surface area contributed by atoms with Crippen LogP contribution >= 0.6 is 0 Å². The van der Waals surface area contributed by atoms with E-state index < -0.39 is 17.5 Å². The molecule has 2 fully saturated rings. The van der Waals surface area contributed by atoms with Crippen molar-refractivity contribution < 1.29 is 14.1 Å². The van der Waals surface area contributed by atoms with Crippen molar-refractivity contribution in [1.29, 1.82) is 0 Å². The summed E-state index contributed by atoms with van der Waals surface area (Å²) in [5.41, 5.74) is 0.706. The quantitative estimate of drug-likeness (QED) is 0.654. The second-order valence-electron chi connectivity index (χ2n) is 7.48. The Morgan fingerprint density at radius 2 is 1.93 bits per heavy atom. The molecule has 5 rings (SSSR count). The highest BCUT2D eigenvalue weighted by Crippen LogP contribution is 2.57. The summed E-state index contributed by atoms with van der Waals surface area (Å²) in [4.78, 5) is 27.3. The number of para-hydroxylation sites is 1. The van der Waals surface area contributed by atoms with Gasteiger partial charge in [0, 0.05) is 28.8 Å². The van der Waals surface area contributed by atoms with Gasteiger partial charge in [-0.1, -0.05) is 30.3 Å². The van der Waals surface area contributed by atoms with Crippen molar-refractivity contribution in [2.45, 2.75) is 36.4 Å². The van der Waals surface area contributed by atoms with Crippen LogP contribution in [0, 0.1) is 15.9 Å². The van der Waals surface area contributed by atoms with Crippen LogP contribution in [0.4, 0.5) is 10.1 Å². The number of carbonyl (C=O) groups is 1. The molecule has 0 saturated carbocycles. The molecule has 1 N–H and O–H groups in total. The zero-order chi connectivity index (χ0) is 18.8. The fourth-order valence-electron chi connectivity index (χ4n) is 5.46. The predicted octanol–water partition coefficient (Wildman–Crippen LogP) is 2.88. The highest BCUT2D eigenvalue weighted by molar-refractivity contribution is 6.07. The summed E-state index contributed by atoms with van der Waals surface area (Å²) in [5, 5.41) is 15.2. The summed E-state index contributed by atoms with van der Waals surface area (Å²) in [6.45, 7) is 0.633. The maximum Gasteiger partial charge on any atom is 0.256 e. The van der Waals surface area contributed by atoms with Gasteiger partial charge in [0.25, 0.3) is 11.9 Å². The molecule has 0 bridgehead atoms. The predicted molar refractivity (Wildman–Crippen MR) is 96.4 cm³/mol. The van der Waals surface area contributed by atoms with E-state index in [-0.39, 0.29) is 22.7 Å². The van der Waals surface area contributed by atoms with Gasteiger partial charge in [0.2, 0.25) is 0 Å². The maximum absolute atomic E-state index is 13.4. The number of halogens is 1. The molecule has 2 aromatic carbocycles. The van der Waals surface area contributed by atoms with Gasteiger partial charge < -0.3 is 5.32 Å². The molecule has 27 heavy (non-hydrogen) atoms. The monoisotopic (exact) mass is 367 g/mol. The minimum Gasteiger partial charge on any atom is -0.324 e. The lowest BCUT2D eigenvalue weighted by Gasteiger charge is -2.32. The molecule has 0 aliphatic carbocycles. The largest absolute Gasteiger partial charge is 0.324 e. The number of rotatable bonds is 2. The van der Waals surface area contributed by atoms with Crippen molar-refractivity contribution in [3.05, 3.63) is 75.6 Å². The van der Waals surface area contributed by atoms with E-state index in [9.17, 15) is 19.3 Å². The summed E-state index contributed by atoms with van der Waals surface area (Å²) >= 11 is 0. The van der Waals surface area contributed by atoms with Gasteiger partial charge in [-0.05, 0) is 36.6 Å². The third kappa shape index (κ3) is 2.00. The van der Waals surface area contributed by atoms with Gasteiger partial charge in [0.1, 0.15) is 5.82 Å². The van der Waals surface area contributed by atoms with Crippen LogP contribution in [-0.4, -0.2) is 34.4 Å². The molecule has 3 aliphatic heterocycles. The summed E-state index contributed by atoms with van der Waals surface area (Å²) < 4.78 is 13.4. The van der Waals surface area contributed by atoms with Gasteiger partial charge in [0.15, 0.2) is 5.54 Å². The molecule has 4 atom stereocenters. The lowest BCUT2D eigenvalue weighted by Crippen LogP contribution is -2.55. The molecule has 6 nitrogen and oxygen atoms in total. The summed E-state index contributed by atoms with van der Waals surface area (Å²) in [6, 6.07) is 11.9. The lowest BCUT2D eigenvalue weighted by atomic mass is 9.77. The zero-order valence-corrected chi connectivity index (χ0v) is 14.5. The molecular weight excluding hydrogens is 349 g/mol. The fraction of sp³-hybridized carbons (Fsp3) is 0.350. The third-order valence-corrected chi connectivity index (χ3v) is 6.35. The average Bonchev–Trinajstić information content (AvgIpc) is 3.30. The van der Waals surface area contributed by atoms with E-state index in [1.54, 1.807) is 18.2 Å². The number of hydrogen-bond donors (Lipinski definition) is 1. The first-order valence-corrected chi connectivity index (χ1v) is 9.12. The maximum atomic E-state index is 13.4. The van der Waals surface area contributed by atoms with Crippen LogP contribution < -0.4 is 5.32 Å². The minimum absolute atomic E-state index is 0.122. The smallest absolute Gasteiger partial charge is 0.256 e. The number of nitro groups is 1. The Bertz CT molecular complexity index is 948. The third-order valence-electron chi connectivity index (χ3n) is 6.35. The molecule has 138 valence electrons. The van der Waals surface area contributed by atoms with Crippen LogP contribution in [0.2, 0.25) is 0 Å². The normalized spacial score (nSPS) is 31.7. The highest BCUT2D eigenvalue weighted by Gasteiger charge is 2.73. The van der Waals surface area contributed by atoms with Gasteiger partial charge >= 0.3 is 0 Å². The molecule has 0 unspecified atom stereocenters. The molecule has 1 amide bonds. The van der Waals surface area contributed by atoms with E-state index in [1.165, 1.54) is 12.1 Å².